The lowest BCUT2D eigenvalue weighted by atomic mass is 9.69. The molecule has 6 heteroatoms. The Bertz CT molecular complexity index is 1110. The van der Waals surface area contributed by atoms with Crippen molar-refractivity contribution >= 4 is 17.4 Å². The van der Waals surface area contributed by atoms with Gasteiger partial charge in [0.2, 0.25) is 0 Å². The van der Waals surface area contributed by atoms with Gasteiger partial charge in [0.25, 0.3) is 0 Å². The molecule has 4 rings (SSSR count). The largest absolute Gasteiger partial charge is 0.463 e. The van der Waals surface area contributed by atoms with Gasteiger partial charge >= 0.3 is 5.97 Å². The van der Waals surface area contributed by atoms with E-state index in [1.165, 1.54) is 0 Å². The van der Waals surface area contributed by atoms with Crippen LogP contribution in [-0.2, 0) is 14.3 Å². The second kappa shape index (κ2) is 8.26. The monoisotopic (exact) mass is 431 g/mol. The zero-order valence-electron chi connectivity index (χ0n) is 19.0. The van der Waals surface area contributed by atoms with Crippen LogP contribution in [0.5, 0.6) is 0 Å². The predicted octanol–water partition coefficient (Wildman–Crippen LogP) is 4.37. The molecule has 2 aliphatic rings. The minimum absolute atomic E-state index is 0.0123. The van der Waals surface area contributed by atoms with Gasteiger partial charge in [0.05, 0.1) is 23.8 Å². The number of hydrogen-bond donors (Lipinski definition) is 1. The van der Waals surface area contributed by atoms with Crippen molar-refractivity contribution in [2.45, 2.75) is 46.5 Å². The molecule has 1 atom stereocenters. The smallest absolute Gasteiger partial charge is 0.338 e. The van der Waals surface area contributed by atoms with Gasteiger partial charge in [-0.3, -0.25) is 14.7 Å². The van der Waals surface area contributed by atoms with E-state index < -0.39 is 11.9 Å². The number of allylic oxidation sites excluding steroid dienone is 2. The quantitative estimate of drug-likeness (QED) is 0.724. The molecule has 2 aromatic rings. The summed E-state index contributed by atoms with van der Waals surface area (Å²) in [6.45, 7) is 8.14. The summed E-state index contributed by atoms with van der Waals surface area (Å²) in [7, 11) is 0. The number of carbonyl (C=O) groups excluding carboxylic acids is 2. The lowest BCUT2D eigenvalue weighted by Gasteiger charge is -2.44. The first-order valence-electron chi connectivity index (χ1n) is 10.9. The van der Waals surface area contributed by atoms with Crippen molar-refractivity contribution in [3.05, 3.63) is 82.6 Å². The molecule has 0 saturated carbocycles. The van der Waals surface area contributed by atoms with Gasteiger partial charge in [0.15, 0.2) is 5.78 Å². The summed E-state index contributed by atoms with van der Waals surface area (Å²) in [5.74, 6) is -0.886. The van der Waals surface area contributed by atoms with Crippen molar-refractivity contribution in [3.8, 4) is 0 Å². The zero-order valence-corrected chi connectivity index (χ0v) is 19.0. The first-order valence-corrected chi connectivity index (χ1v) is 10.9. The highest BCUT2D eigenvalue weighted by atomic mass is 16.5. The third kappa shape index (κ3) is 3.81. The zero-order chi connectivity index (χ0) is 23.0. The van der Waals surface area contributed by atoms with E-state index in [9.17, 15) is 9.59 Å². The third-order valence-corrected chi connectivity index (χ3v) is 6.03. The van der Waals surface area contributed by atoms with Crippen LogP contribution in [0.15, 0.2) is 71.3 Å². The standard InChI is InChI=1S/C26H29N3O3/c1-5-32-25(31)23-21(18-8-6-7-13-28-18)22-19(14-26(3,4)15-20(22)30)29(24(23)27)17-11-9-16(2)10-12-17/h6-13,21H,5,14-15,27H2,1-4H3. The maximum atomic E-state index is 13.6. The molecule has 2 N–H and O–H groups in total. The Balaban J connectivity index is 2.01. The van der Waals surface area contributed by atoms with Gasteiger partial charge in [-0.05, 0) is 49.9 Å². The van der Waals surface area contributed by atoms with Crippen LogP contribution in [-0.4, -0.2) is 23.3 Å². The second-order valence-electron chi connectivity index (χ2n) is 9.18. The minimum atomic E-state index is -0.657. The molecule has 0 bridgehead atoms. The van der Waals surface area contributed by atoms with Gasteiger partial charge in [-0.1, -0.05) is 37.6 Å². The number of ether oxygens (including phenoxy) is 1. The van der Waals surface area contributed by atoms with E-state index in [1.807, 2.05) is 54.3 Å². The number of benzene rings is 1. The molecule has 32 heavy (non-hydrogen) atoms. The number of aromatic nitrogens is 1. The van der Waals surface area contributed by atoms with E-state index in [0.717, 1.165) is 16.9 Å². The summed E-state index contributed by atoms with van der Waals surface area (Å²) in [6.07, 6.45) is 2.72. The third-order valence-electron chi connectivity index (χ3n) is 6.03. The molecule has 0 saturated heterocycles. The molecule has 2 heterocycles. The van der Waals surface area contributed by atoms with Gasteiger partial charge in [-0.15, -0.1) is 0 Å². The normalized spacial score (nSPS) is 20.3. The van der Waals surface area contributed by atoms with Crippen molar-refractivity contribution in [2.75, 3.05) is 11.5 Å². The highest BCUT2D eigenvalue weighted by Gasteiger charge is 2.47. The van der Waals surface area contributed by atoms with Crippen molar-refractivity contribution < 1.29 is 14.3 Å². The van der Waals surface area contributed by atoms with Gasteiger partial charge in [-0.25, -0.2) is 4.79 Å². The van der Waals surface area contributed by atoms with Crippen LogP contribution in [0.25, 0.3) is 0 Å². The van der Waals surface area contributed by atoms with E-state index in [0.29, 0.717) is 24.1 Å². The average molecular weight is 432 g/mol. The molecule has 6 nitrogen and oxygen atoms in total. The van der Waals surface area contributed by atoms with E-state index >= 15 is 0 Å². The maximum Gasteiger partial charge on any atom is 0.338 e. The molecule has 166 valence electrons. The summed E-state index contributed by atoms with van der Waals surface area (Å²) in [5.41, 5.74) is 10.7. The second-order valence-corrected chi connectivity index (χ2v) is 9.18. The number of aryl methyl sites for hydroxylation is 1. The Morgan fingerprint density at radius 3 is 2.53 bits per heavy atom. The number of nitrogens with zero attached hydrogens (tertiary/aromatic N) is 2. The van der Waals surface area contributed by atoms with E-state index in [4.69, 9.17) is 10.5 Å². The number of nitrogens with two attached hydrogens (primary N) is 1. The van der Waals surface area contributed by atoms with E-state index in [1.54, 1.807) is 13.1 Å². The number of carbonyl (C=O) groups is 2. The first-order chi connectivity index (χ1) is 15.2. The Morgan fingerprint density at radius 1 is 1.19 bits per heavy atom. The van der Waals surface area contributed by atoms with Crippen LogP contribution in [0.4, 0.5) is 5.69 Å². The van der Waals surface area contributed by atoms with Gasteiger partial charge in [0, 0.05) is 29.6 Å². The Morgan fingerprint density at radius 2 is 1.91 bits per heavy atom. The molecule has 1 aliphatic heterocycles. The highest BCUT2D eigenvalue weighted by molar-refractivity contribution is 6.05. The molecule has 0 fully saturated rings. The molecule has 1 aromatic heterocycles. The van der Waals surface area contributed by atoms with Crippen LogP contribution in [0.3, 0.4) is 0 Å². The topological polar surface area (TPSA) is 85.5 Å². The van der Waals surface area contributed by atoms with Crippen molar-refractivity contribution in [3.63, 3.8) is 0 Å². The van der Waals surface area contributed by atoms with Crippen molar-refractivity contribution in [1.29, 1.82) is 0 Å². The molecule has 1 aromatic carbocycles. The molecular formula is C26H29N3O3. The maximum absolute atomic E-state index is 13.6. The van der Waals surface area contributed by atoms with Crippen molar-refractivity contribution in [2.24, 2.45) is 11.1 Å². The number of esters is 1. The number of rotatable bonds is 4. The number of Topliss-reactive ketones (excluding diaryl/α,β-unsaturated/α-hetero) is 1. The lowest BCUT2D eigenvalue weighted by Crippen LogP contribution is -2.44. The molecule has 0 spiro atoms. The summed E-state index contributed by atoms with van der Waals surface area (Å²) in [5, 5.41) is 0. The molecule has 0 radical (unpaired) electrons. The number of ketones is 1. The highest BCUT2D eigenvalue weighted by Crippen LogP contribution is 2.50. The molecular weight excluding hydrogens is 402 g/mol. The van der Waals surface area contributed by atoms with Crippen LogP contribution >= 0.6 is 0 Å². The van der Waals surface area contributed by atoms with Gasteiger partial charge in [-0.2, -0.15) is 0 Å². The Kier molecular flexibility index (Phi) is 5.63. The van der Waals surface area contributed by atoms with Crippen LogP contribution in [0.2, 0.25) is 0 Å². The lowest BCUT2D eigenvalue weighted by molar-refractivity contribution is -0.138. The average Bonchev–Trinajstić information content (AvgIpc) is 2.74. The van der Waals surface area contributed by atoms with Gasteiger partial charge < -0.3 is 10.5 Å². The summed E-state index contributed by atoms with van der Waals surface area (Å²) in [4.78, 5) is 33.1. The summed E-state index contributed by atoms with van der Waals surface area (Å²) in [6, 6.07) is 13.4. The SMILES string of the molecule is CCOC(=O)C1=C(N)N(c2ccc(C)cc2)C2=C(C(=O)CC(C)(C)C2)C1c1ccccn1. The van der Waals surface area contributed by atoms with Crippen molar-refractivity contribution in [1.82, 2.24) is 4.98 Å². The Labute approximate surface area is 188 Å². The summed E-state index contributed by atoms with van der Waals surface area (Å²) < 4.78 is 5.40. The van der Waals surface area contributed by atoms with Crippen LogP contribution in [0.1, 0.15) is 50.8 Å². The number of hydrogen-bond acceptors (Lipinski definition) is 6. The van der Waals surface area contributed by atoms with Crippen LogP contribution in [0, 0.1) is 12.3 Å². The fourth-order valence-corrected chi connectivity index (χ4v) is 4.65. The molecule has 1 aliphatic carbocycles. The first kappa shape index (κ1) is 21.8. The van der Waals surface area contributed by atoms with E-state index in [-0.39, 0.29) is 29.2 Å². The Hall–Kier alpha value is -3.41. The fraction of sp³-hybridized carbons (Fsp3) is 0.346. The van der Waals surface area contributed by atoms with Crippen LogP contribution < -0.4 is 10.6 Å². The molecule has 0 amide bonds. The molecule has 1 unspecified atom stereocenters. The number of pyridine rings is 1. The minimum Gasteiger partial charge on any atom is -0.463 e. The van der Waals surface area contributed by atoms with Gasteiger partial charge in [0.1, 0.15) is 5.82 Å². The van der Waals surface area contributed by atoms with E-state index in [2.05, 4.69) is 18.8 Å². The fourth-order valence-electron chi connectivity index (χ4n) is 4.65. The number of anilines is 1. The predicted molar refractivity (Wildman–Crippen MR) is 124 cm³/mol. The summed E-state index contributed by atoms with van der Waals surface area (Å²) >= 11 is 0.